The quantitative estimate of drug-likeness (QED) is 0.462. The Balaban J connectivity index is 1.82. The molecule has 0 aliphatic carbocycles. The number of alkyl halides is 3. The van der Waals surface area contributed by atoms with Crippen LogP contribution in [-0.4, -0.2) is 24.7 Å². The SMILES string of the molecule is Cc1cc(Cn2nnc(=O)n2CCc2ccccc2C(F)(F)F)ccc1[N+](=O)[O-]. The number of aryl methyl sites for hydroxylation is 2. The fourth-order valence-corrected chi connectivity index (χ4v) is 3.04. The van der Waals surface area contributed by atoms with Gasteiger partial charge in [0.1, 0.15) is 0 Å². The number of nitro benzene ring substituents is 1. The van der Waals surface area contributed by atoms with Gasteiger partial charge in [-0.1, -0.05) is 29.4 Å². The third kappa shape index (κ3) is 4.50. The van der Waals surface area contributed by atoms with E-state index >= 15 is 0 Å². The van der Waals surface area contributed by atoms with Crippen LogP contribution in [0.25, 0.3) is 0 Å². The zero-order valence-corrected chi connectivity index (χ0v) is 15.3. The summed E-state index contributed by atoms with van der Waals surface area (Å²) in [5.41, 5.74) is -0.325. The molecule has 0 atom stereocenters. The Kier molecular flexibility index (Phi) is 5.48. The van der Waals surface area contributed by atoms with Gasteiger partial charge in [0.25, 0.3) is 5.69 Å². The van der Waals surface area contributed by atoms with Gasteiger partial charge in [-0.25, -0.2) is 9.48 Å². The monoisotopic (exact) mass is 407 g/mol. The Morgan fingerprint density at radius 3 is 2.55 bits per heavy atom. The minimum Gasteiger partial charge on any atom is -0.258 e. The molecule has 3 aromatic rings. The first-order valence-corrected chi connectivity index (χ1v) is 8.56. The molecule has 0 N–H and O–H groups in total. The highest BCUT2D eigenvalue weighted by Crippen LogP contribution is 2.32. The summed E-state index contributed by atoms with van der Waals surface area (Å²) in [6.07, 6.45) is -4.53. The van der Waals surface area contributed by atoms with E-state index in [4.69, 9.17) is 0 Å². The van der Waals surface area contributed by atoms with Crippen molar-refractivity contribution in [2.45, 2.75) is 32.6 Å². The van der Waals surface area contributed by atoms with E-state index in [1.807, 2.05) is 0 Å². The Morgan fingerprint density at radius 1 is 1.17 bits per heavy atom. The maximum absolute atomic E-state index is 13.1. The molecule has 0 radical (unpaired) electrons. The van der Waals surface area contributed by atoms with E-state index in [1.54, 1.807) is 13.0 Å². The smallest absolute Gasteiger partial charge is 0.258 e. The molecule has 1 aromatic heterocycles. The summed E-state index contributed by atoms with van der Waals surface area (Å²) < 4.78 is 40.6. The summed E-state index contributed by atoms with van der Waals surface area (Å²) in [6.45, 7) is 1.63. The lowest BCUT2D eigenvalue weighted by molar-refractivity contribution is -0.385. The number of hydrogen-bond acceptors (Lipinski definition) is 5. The van der Waals surface area contributed by atoms with E-state index in [-0.39, 0.29) is 30.8 Å². The molecule has 29 heavy (non-hydrogen) atoms. The number of aromatic nitrogens is 4. The highest BCUT2D eigenvalue weighted by molar-refractivity contribution is 5.41. The molecule has 0 unspecified atom stereocenters. The van der Waals surface area contributed by atoms with Gasteiger partial charge in [0.15, 0.2) is 0 Å². The molecule has 11 heteroatoms. The topological polar surface area (TPSA) is 95.8 Å². The van der Waals surface area contributed by atoms with E-state index in [1.165, 1.54) is 35.1 Å². The summed E-state index contributed by atoms with van der Waals surface area (Å²) >= 11 is 0. The molecule has 152 valence electrons. The molecule has 0 fully saturated rings. The molecule has 0 saturated carbocycles. The Morgan fingerprint density at radius 2 is 1.90 bits per heavy atom. The van der Waals surface area contributed by atoms with Gasteiger partial charge in [-0.2, -0.15) is 18.0 Å². The van der Waals surface area contributed by atoms with Crippen LogP contribution in [0.1, 0.15) is 22.3 Å². The number of benzene rings is 2. The predicted molar refractivity (Wildman–Crippen MR) is 96.4 cm³/mol. The number of nitro groups is 1. The number of rotatable bonds is 6. The lowest BCUT2D eigenvalue weighted by Gasteiger charge is -2.13. The van der Waals surface area contributed by atoms with Crippen molar-refractivity contribution in [2.75, 3.05) is 0 Å². The minimum absolute atomic E-state index is 0.0338. The van der Waals surface area contributed by atoms with Gasteiger partial charge in [-0.05, 0) is 41.8 Å². The van der Waals surface area contributed by atoms with E-state index in [9.17, 15) is 28.1 Å². The summed E-state index contributed by atoms with van der Waals surface area (Å²) in [7, 11) is 0. The zero-order valence-electron chi connectivity index (χ0n) is 15.3. The van der Waals surface area contributed by atoms with Crippen molar-refractivity contribution in [3.05, 3.63) is 85.3 Å². The molecule has 3 rings (SSSR count). The molecule has 8 nitrogen and oxygen atoms in total. The number of halogens is 3. The molecular weight excluding hydrogens is 391 g/mol. The van der Waals surface area contributed by atoms with Crippen molar-refractivity contribution in [3.8, 4) is 0 Å². The van der Waals surface area contributed by atoms with Gasteiger partial charge in [-0.15, -0.1) is 0 Å². The van der Waals surface area contributed by atoms with Crippen LogP contribution in [0.5, 0.6) is 0 Å². The number of tetrazole rings is 1. The van der Waals surface area contributed by atoms with E-state index in [0.717, 1.165) is 10.7 Å². The van der Waals surface area contributed by atoms with Crippen LogP contribution >= 0.6 is 0 Å². The van der Waals surface area contributed by atoms with Crippen LogP contribution < -0.4 is 5.69 Å². The second kappa shape index (κ2) is 7.86. The van der Waals surface area contributed by atoms with Gasteiger partial charge >= 0.3 is 11.9 Å². The fourth-order valence-electron chi connectivity index (χ4n) is 3.04. The summed E-state index contributed by atoms with van der Waals surface area (Å²) in [5.74, 6) is 0. The van der Waals surface area contributed by atoms with Crippen LogP contribution in [0.2, 0.25) is 0 Å². The molecule has 0 saturated heterocycles. The van der Waals surface area contributed by atoms with Gasteiger partial charge in [0.05, 0.1) is 23.6 Å². The Labute approximate surface area is 162 Å². The normalized spacial score (nSPS) is 11.6. The average Bonchev–Trinajstić information content (AvgIpc) is 2.98. The molecule has 0 bridgehead atoms. The maximum Gasteiger partial charge on any atom is 0.416 e. The molecule has 0 spiro atoms. The Hall–Kier alpha value is -3.50. The number of hydrogen-bond donors (Lipinski definition) is 0. The molecule has 1 heterocycles. The van der Waals surface area contributed by atoms with Crippen molar-refractivity contribution in [1.29, 1.82) is 0 Å². The van der Waals surface area contributed by atoms with Gasteiger partial charge < -0.3 is 0 Å². The molecule has 0 aliphatic heterocycles. The molecule has 0 amide bonds. The van der Waals surface area contributed by atoms with Crippen molar-refractivity contribution in [2.24, 2.45) is 0 Å². The van der Waals surface area contributed by atoms with E-state index < -0.39 is 22.4 Å². The van der Waals surface area contributed by atoms with Crippen molar-refractivity contribution in [1.82, 2.24) is 19.8 Å². The van der Waals surface area contributed by atoms with Crippen molar-refractivity contribution >= 4 is 5.69 Å². The van der Waals surface area contributed by atoms with Gasteiger partial charge in [0.2, 0.25) is 0 Å². The van der Waals surface area contributed by atoms with Crippen molar-refractivity contribution < 1.29 is 18.1 Å². The molecular formula is C18H16F3N5O3. The van der Waals surface area contributed by atoms with E-state index in [0.29, 0.717) is 11.1 Å². The molecule has 0 aliphatic rings. The number of nitrogens with zero attached hydrogens (tertiary/aromatic N) is 5. The first kappa shape index (κ1) is 20.2. The lowest BCUT2D eigenvalue weighted by Crippen LogP contribution is -2.26. The van der Waals surface area contributed by atoms with Crippen LogP contribution in [-0.2, 0) is 25.7 Å². The second-order valence-corrected chi connectivity index (χ2v) is 6.41. The van der Waals surface area contributed by atoms with Crippen LogP contribution in [0.15, 0.2) is 47.3 Å². The third-order valence-corrected chi connectivity index (χ3v) is 4.43. The van der Waals surface area contributed by atoms with Crippen LogP contribution in [0.3, 0.4) is 0 Å². The second-order valence-electron chi connectivity index (χ2n) is 6.41. The fraction of sp³-hybridized carbons (Fsp3) is 0.278. The average molecular weight is 407 g/mol. The van der Waals surface area contributed by atoms with Crippen LogP contribution in [0.4, 0.5) is 18.9 Å². The highest BCUT2D eigenvalue weighted by atomic mass is 19.4. The van der Waals surface area contributed by atoms with Gasteiger partial charge in [0, 0.05) is 11.6 Å². The summed E-state index contributed by atoms with van der Waals surface area (Å²) in [4.78, 5) is 23.7. The zero-order chi connectivity index (χ0) is 21.2. The third-order valence-electron chi connectivity index (χ3n) is 4.43. The van der Waals surface area contributed by atoms with Crippen LogP contribution in [0, 0.1) is 17.0 Å². The summed E-state index contributed by atoms with van der Waals surface area (Å²) in [6, 6.07) is 9.64. The highest BCUT2D eigenvalue weighted by Gasteiger charge is 2.32. The maximum atomic E-state index is 13.1. The van der Waals surface area contributed by atoms with Gasteiger partial charge in [-0.3, -0.25) is 10.1 Å². The largest absolute Gasteiger partial charge is 0.416 e. The predicted octanol–water partition coefficient (Wildman–Crippen LogP) is 2.97. The summed E-state index contributed by atoms with van der Waals surface area (Å²) in [5, 5.41) is 18.1. The Bertz CT molecular complexity index is 1100. The minimum atomic E-state index is -4.49. The van der Waals surface area contributed by atoms with Crippen molar-refractivity contribution in [3.63, 3.8) is 0 Å². The standard InChI is InChI=1S/C18H16F3N5O3/c1-12-10-13(6-7-16(12)26(28)29)11-25-23-22-17(27)24(25)9-8-14-4-2-3-5-15(14)18(19,20)21/h2-7,10H,8-9,11H2,1H3. The molecule has 2 aromatic carbocycles. The first-order valence-electron chi connectivity index (χ1n) is 8.56. The van der Waals surface area contributed by atoms with E-state index in [2.05, 4.69) is 10.3 Å². The first-order chi connectivity index (χ1) is 13.7. The lowest BCUT2D eigenvalue weighted by atomic mass is 10.0.